The Bertz CT molecular complexity index is 851. The van der Waals surface area contributed by atoms with Crippen molar-refractivity contribution < 1.29 is 14.6 Å². The molecule has 1 aromatic carbocycles. The number of anilines is 1. The molecule has 8 heteroatoms. The number of piperidine rings is 1. The van der Waals surface area contributed by atoms with Gasteiger partial charge in [0.15, 0.2) is 0 Å². The predicted octanol–water partition coefficient (Wildman–Crippen LogP) is 4.12. The number of carbonyl (C=O) groups is 1. The highest BCUT2D eigenvalue weighted by atomic mass is 79.9. The zero-order chi connectivity index (χ0) is 19.8. The maximum atomic E-state index is 12.1. The highest BCUT2D eigenvalue weighted by molar-refractivity contribution is 9.10. The Kier molecular flexibility index (Phi) is 5.84. The maximum absolute atomic E-state index is 12.1. The Labute approximate surface area is 172 Å². The molecule has 0 bridgehead atoms. The van der Waals surface area contributed by atoms with Crippen LogP contribution in [0.2, 0.25) is 5.15 Å². The summed E-state index contributed by atoms with van der Waals surface area (Å²) in [7, 11) is 0. The summed E-state index contributed by atoms with van der Waals surface area (Å²) in [5.74, 6) is 0.694. The molecule has 1 fully saturated rings. The van der Waals surface area contributed by atoms with Crippen LogP contribution in [-0.2, 0) is 4.74 Å². The number of benzene rings is 1. The lowest BCUT2D eigenvalue weighted by Crippen LogP contribution is -2.53. The van der Waals surface area contributed by atoms with Gasteiger partial charge in [-0.1, -0.05) is 27.5 Å². The van der Waals surface area contributed by atoms with E-state index in [0.717, 1.165) is 15.2 Å². The topological polar surface area (TPSA) is 74.7 Å². The van der Waals surface area contributed by atoms with Gasteiger partial charge in [-0.25, -0.2) is 9.78 Å². The standard InChI is InChI=1S/C19H23BrClN3O3/c1-19(2,3)27-18(26)22-13-8-14(25)10-24(9-13)17-15-5-4-12(20)6-11(15)7-16(21)23-17/h4-7,13-14,25H,8-10H2,1-3H3,(H,22,26)/t13-,14+/m0/s1. The van der Waals surface area contributed by atoms with E-state index in [-0.39, 0.29) is 6.04 Å². The molecule has 146 valence electrons. The van der Waals surface area contributed by atoms with Crippen molar-refractivity contribution in [2.45, 2.75) is 44.9 Å². The Morgan fingerprint density at radius 1 is 1.37 bits per heavy atom. The first-order chi connectivity index (χ1) is 12.6. The molecule has 0 saturated carbocycles. The molecular formula is C19H23BrClN3O3. The average molecular weight is 457 g/mol. The van der Waals surface area contributed by atoms with Gasteiger partial charge >= 0.3 is 6.09 Å². The molecule has 27 heavy (non-hydrogen) atoms. The number of aromatic nitrogens is 1. The number of β-amino-alcohol motifs (C(OH)–C–C–N with tert-alkyl or cyclic N) is 1. The number of pyridine rings is 1. The van der Waals surface area contributed by atoms with Crippen LogP contribution < -0.4 is 10.2 Å². The average Bonchev–Trinajstić information content (AvgIpc) is 2.51. The second kappa shape index (κ2) is 7.81. The lowest BCUT2D eigenvalue weighted by molar-refractivity contribution is 0.0473. The summed E-state index contributed by atoms with van der Waals surface area (Å²) in [6.45, 7) is 6.37. The van der Waals surface area contributed by atoms with Crippen LogP contribution in [0.3, 0.4) is 0 Å². The molecule has 2 atom stereocenters. The molecule has 0 unspecified atom stereocenters. The molecule has 2 aromatic rings. The number of halogens is 2. The number of alkyl carbamates (subject to hydrolysis) is 1. The summed E-state index contributed by atoms with van der Waals surface area (Å²) < 4.78 is 6.28. The zero-order valence-corrected chi connectivity index (χ0v) is 17.8. The molecule has 1 aromatic heterocycles. The van der Waals surface area contributed by atoms with Gasteiger partial charge in [0.25, 0.3) is 0 Å². The monoisotopic (exact) mass is 455 g/mol. The van der Waals surface area contributed by atoms with Crippen molar-refractivity contribution in [3.63, 3.8) is 0 Å². The van der Waals surface area contributed by atoms with Gasteiger partial charge in [0, 0.05) is 22.9 Å². The fourth-order valence-corrected chi connectivity index (χ4v) is 3.82. The molecular weight excluding hydrogens is 434 g/mol. The van der Waals surface area contributed by atoms with Crippen LogP contribution in [0.5, 0.6) is 0 Å². The first-order valence-corrected chi connectivity index (χ1v) is 9.96. The van der Waals surface area contributed by atoms with Gasteiger partial charge in [0.2, 0.25) is 0 Å². The Balaban J connectivity index is 1.84. The minimum atomic E-state index is -0.593. The van der Waals surface area contributed by atoms with Gasteiger partial charge in [-0.05, 0) is 56.8 Å². The molecule has 2 heterocycles. The molecule has 1 saturated heterocycles. The van der Waals surface area contributed by atoms with Crippen LogP contribution in [0.25, 0.3) is 10.8 Å². The molecule has 0 radical (unpaired) electrons. The minimum Gasteiger partial charge on any atom is -0.444 e. The predicted molar refractivity (Wildman–Crippen MR) is 110 cm³/mol. The largest absolute Gasteiger partial charge is 0.444 e. The van der Waals surface area contributed by atoms with Crippen LogP contribution in [0.1, 0.15) is 27.2 Å². The third kappa shape index (κ3) is 5.24. The number of nitrogens with one attached hydrogen (secondary N) is 1. The van der Waals surface area contributed by atoms with E-state index >= 15 is 0 Å². The lowest BCUT2D eigenvalue weighted by atomic mass is 10.0. The molecule has 1 aliphatic heterocycles. The summed E-state index contributed by atoms with van der Waals surface area (Å²) in [5.41, 5.74) is -0.574. The van der Waals surface area contributed by atoms with Crippen LogP contribution in [-0.4, -0.2) is 47.0 Å². The van der Waals surface area contributed by atoms with E-state index in [1.54, 1.807) is 0 Å². The minimum absolute atomic E-state index is 0.255. The highest BCUT2D eigenvalue weighted by Gasteiger charge is 2.30. The summed E-state index contributed by atoms with van der Waals surface area (Å²) in [4.78, 5) is 18.5. The second-order valence-corrected chi connectivity index (χ2v) is 9.07. The third-order valence-electron chi connectivity index (χ3n) is 4.19. The Morgan fingerprint density at radius 3 is 2.81 bits per heavy atom. The van der Waals surface area contributed by atoms with Gasteiger partial charge in [-0.3, -0.25) is 0 Å². The van der Waals surface area contributed by atoms with E-state index < -0.39 is 17.8 Å². The number of carbonyl (C=O) groups excluding carboxylic acids is 1. The Hall–Kier alpha value is -1.57. The third-order valence-corrected chi connectivity index (χ3v) is 4.88. The van der Waals surface area contributed by atoms with Crippen molar-refractivity contribution in [1.29, 1.82) is 0 Å². The van der Waals surface area contributed by atoms with Gasteiger partial charge in [0.1, 0.15) is 16.6 Å². The van der Waals surface area contributed by atoms with Crippen LogP contribution in [0, 0.1) is 0 Å². The molecule has 1 aliphatic rings. The van der Waals surface area contributed by atoms with E-state index in [0.29, 0.717) is 30.5 Å². The number of aliphatic hydroxyl groups is 1. The number of amides is 1. The highest BCUT2D eigenvalue weighted by Crippen LogP contribution is 2.31. The Morgan fingerprint density at radius 2 is 2.11 bits per heavy atom. The van der Waals surface area contributed by atoms with Crippen LogP contribution in [0.15, 0.2) is 28.7 Å². The molecule has 0 spiro atoms. The number of aliphatic hydroxyl groups excluding tert-OH is 1. The van der Waals surface area contributed by atoms with Gasteiger partial charge in [-0.15, -0.1) is 0 Å². The first-order valence-electron chi connectivity index (χ1n) is 8.79. The zero-order valence-electron chi connectivity index (χ0n) is 15.5. The van der Waals surface area contributed by atoms with Crippen molar-refractivity contribution in [3.05, 3.63) is 33.9 Å². The maximum Gasteiger partial charge on any atom is 0.407 e. The van der Waals surface area contributed by atoms with E-state index in [4.69, 9.17) is 16.3 Å². The van der Waals surface area contributed by atoms with Gasteiger partial charge in [-0.2, -0.15) is 0 Å². The summed E-state index contributed by atoms with van der Waals surface area (Å²) in [6, 6.07) is 7.44. The molecule has 6 nitrogen and oxygen atoms in total. The number of nitrogens with zero attached hydrogens (tertiary/aromatic N) is 2. The van der Waals surface area contributed by atoms with Crippen molar-refractivity contribution in [2.24, 2.45) is 0 Å². The number of rotatable bonds is 2. The molecule has 1 amide bonds. The SMILES string of the molecule is CC(C)(C)OC(=O)N[C@H]1C[C@@H](O)CN(c2nc(Cl)cc3cc(Br)ccc23)C1. The summed E-state index contributed by atoms with van der Waals surface area (Å²) in [6.07, 6.45) is -0.626. The van der Waals surface area contributed by atoms with E-state index in [2.05, 4.69) is 26.2 Å². The van der Waals surface area contributed by atoms with Crippen LogP contribution in [0.4, 0.5) is 10.6 Å². The lowest BCUT2D eigenvalue weighted by Gasteiger charge is -2.37. The summed E-state index contributed by atoms with van der Waals surface area (Å²) >= 11 is 9.69. The van der Waals surface area contributed by atoms with Crippen molar-refractivity contribution in [3.8, 4) is 0 Å². The smallest absolute Gasteiger partial charge is 0.407 e. The number of ether oxygens (including phenoxy) is 1. The van der Waals surface area contributed by atoms with Gasteiger partial charge < -0.3 is 20.1 Å². The van der Waals surface area contributed by atoms with Crippen molar-refractivity contribution in [1.82, 2.24) is 10.3 Å². The van der Waals surface area contributed by atoms with Crippen LogP contribution >= 0.6 is 27.5 Å². The first kappa shape index (κ1) is 20.2. The molecule has 0 aliphatic carbocycles. The van der Waals surface area contributed by atoms with Crippen molar-refractivity contribution in [2.75, 3.05) is 18.0 Å². The van der Waals surface area contributed by atoms with Gasteiger partial charge in [0.05, 0.1) is 12.1 Å². The number of hydrogen-bond donors (Lipinski definition) is 2. The van der Waals surface area contributed by atoms with Crippen molar-refractivity contribution >= 4 is 50.2 Å². The fourth-order valence-electron chi connectivity index (χ4n) is 3.24. The quantitative estimate of drug-likeness (QED) is 0.665. The van der Waals surface area contributed by atoms with E-state index in [9.17, 15) is 9.90 Å². The summed E-state index contributed by atoms with van der Waals surface area (Å²) in [5, 5.41) is 15.5. The fraction of sp³-hybridized carbons (Fsp3) is 0.474. The number of hydrogen-bond acceptors (Lipinski definition) is 5. The number of fused-ring (bicyclic) bond motifs is 1. The molecule has 3 rings (SSSR count). The second-order valence-electron chi connectivity index (χ2n) is 7.77. The normalized spacial score (nSPS) is 20.6. The van der Waals surface area contributed by atoms with E-state index in [1.807, 2.05) is 49.9 Å². The van der Waals surface area contributed by atoms with E-state index in [1.165, 1.54) is 0 Å². The molecule has 2 N–H and O–H groups in total.